The van der Waals surface area contributed by atoms with Gasteiger partial charge in [0.1, 0.15) is 6.10 Å². The third-order valence-electron chi connectivity index (χ3n) is 2.71. The zero-order chi connectivity index (χ0) is 15.3. The Labute approximate surface area is 120 Å². The van der Waals surface area contributed by atoms with Crippen LogP contribution < -0.4 is 0 Å². The molecule has 2 unspecified atom stereocenters. The summed E-state index contributed by atoms with van der Waals surface area (Å²) in [5.41, 5.74) is 0.308. The Bertz CT molecular complexity index is 502. The molecule has 0 saturated carbocycles. The van der Waals surface area contributed by atoms with Gasteiger partial charge in [-0.25, -0.2) is 4.79 Å². The van der Waals surface area contributed by atoms with Gasteiger partial charge >= 0.3 is 11.9 Å². The number of rotatable bonds is 5. The maximum absolute atomic E-state index is 11.5. The van der Waals surface area contributed by atoms with Gasteiger partial charge in [0.15, 0.2) is 0 Å². The van der Waals surface area contributed by atoms with Gasteiger partial charge in [0.05, 0.1) is 37.3 Å². The van der Waals surface area contributed by atoms with E-state index in [0.717, 1.165) is 0 Å². The van der Waals surface area contributed by atoms with Crippen molar-refractivity contribution in [3.63, 3.8) is 0 Å². The summed E-state index contributed by atoms with van der Waals surface area (Å²) in [5.74, 6) is -1.31. The van der Waals surface area contributed by atoms with Gasteiger partial charge in [0.25, 0.3) is 0 Å². The van der Waals surface area contributed by atoms with Crippen molar-refractivity contribution in [2.75, 3.05) is 14.2 Å². The van der Waals surface area contributed by atoms with E-state index in [-0.39, 0.29) is 22.6 Å². The van der Waals surface area contributed by atoms with Crippen LogP contribution in [-0.2, 0) is 14.3 Å². The highest BCUT2D eigenvalue weighted by molar-refractivity contribution is 6.33. The van der Waals surface area contributed by atoms with E-state index < -0.39 is 24.1 Å². The van der Waals surface area contributed by atoms with Crippen LogP contribution in [0.5, 0.6) is 0 Å². The summed E-state index contributed by atoms with van der Waals surface area (Å²) in [6.45, 7) is 0. The molecule has 20 heavy (non-hydrogen) atoms. The molecule has 2 atom stereocenters. The van der Waals surface area contributed by atoms with Crippen molar-refractivity contribution >= 4 is 23.5 Å². The molecule has 7 heteroatoms. The number of carbonyl (C=O) groups excluding carboxylic acids is 2. The molecular formula is C13H15ClO6. The fraction of sp³-hybridized carbons (Fsp3) is 0.385. The van der Waals surface area contributed by atoms with E-state index in [2.05, 4.69) is 9.47 Å². The Balaban J connectivity index is 2.96. The summed E-state index contributed by atoms with van der Waals surface area (Å²) >= 11 is 5.84. The van der Waals surface area contributed by atoms with Crippen molar-refractivity contribution in [2.45, 2.75) is 18.6 Å². The van der Waals surface area contributed by atoms with Crippen LogP contribution >= 0.6 is 11.6 Å². The van der Waals surface area contributed by atoms with Crippen molar-refractivity contribution in [2.24, 2.45) is 0 Å². The normalized spacial score (nSPS) is 13.4. The maximum atomic E-state index is 11.5. The van der Waals surface area contributed by atoms with E-state index in [4.69, 9.17) is 11.6 Å². The fourth-order valence-corrected chi connectivity index (χ4v) is 1.78. The molecule has 2 N–H and O–H groups in total. The Morgan fingerprint density at radius 3 is 2.45 bits per heavy atom. The topological polar surface area (TPSA) is 93.1 Å². The van der Waals surface area contributed by atoms with Gasteiger partial charge in [-0.05, 0) is 17.7 Å². The molecule has 0 aliphatic rings. The highest BCUT2D eigenvalue weighted by atomic mass is 35.5. The molecule has 1 aromatic rings. The first-order valence-electron chi connectivity index (χ1n) is 5.71. The molecule has 0 aliphatic carbocycles. The van der Waals surface area contributed by atoms with Gasteiger partial charge in [0.2, 0.25) is 0 Å². The second kappa shape index (κ2) is 7.23. The van der Waals surface area contributed by atoms with Gasteiger partial charge in [-0.15, -0.1) is 0 Å². The van der Waals surface area contributed by atoms with E-state index in [0.29, 0.717) is 0 Å². The zero-order valence-corrected chi connectivity index (χ0v) is 11.8. The quantitative estimate of drug-likeness (QED) is 0.791. The minimum Gasteiger partial charge on any atom is -0.469 e. The summed E-state index contributed by atoms with van der Waals surface area (Å²) in [6.07, 6.45) is -3.07. The van der Waals surface area contributed by atoms with Crippen molar-refractivity contribution < 1.29 is 29.3 Å². The summed E-state index contributed by atoms with van der Waals surface area (Å²) in [6, 6.07) is 4.15. The zero-order valence-electron chi connectivity index (χ0n) is 11.0. The summed E-state index contributed by atoms with van der Waals surface area (Å²) < 4.78 is 8.95. The number of halogens is 1. The van der Waals surface area contributed by atoms with Crippen LogP contribution in [0.1, 0.15) is 28.4 Å². The predicted molar refractivity (Wildman–Crippen MR) is 70.4 cm³/mol. The van der Waals surface area contributed by atoms with Gasteiger partial charge in [-0.2, -0.15) is 0 Å². The number of hydrogen-bond donors (Lipinski definition) is 2. The molecule has 1 rings (SSSR count). The summed E-state index contributed by atoms with van der Waals surface area (Å²) in [4.78, 5) is 22.5. The lowest BCUT2D eigenvalue weighted by atomic mass is 10.00. The van der Waals surface area contributed by atoms with E-state index in [1.807, 2.05) is 0 Å². The number of aliphatic hydroxyl groups excluding tert-OH is 2. The van der Waals surface area contributed by atoms with Crippen LogP contribution in [0.2, 0.25) is 5.02 Å². The second-order valence-corrected chi connectivity index (χ2v) is 4.43. The Hall–Kier alpha value is -1.63. The summed E-state index contributed by atoms with van der Waals surface area (Å²) in [5, 5.41) is 19.8. The van der Waals surface area contributed by atoms with E-state index >= 15 is 0 Å². The van der Waals surface area contributed by atoms with Gasteiger partial charge < -0.3 is 19.7 Å². The molecule has 0 heterocycles. The average Bonchev–Trinajstić information content (AvgIpc) is 2.45. The van der Waals surface area contributed by atoms with E-state index in [1.165, 1.54) is 32.4 Å². The number of benzene rings is 1. The second-order valence-electron chi connectivity index (χ2n) is 4.02. The van der Waals surface area contributed by atoms with E-state index in [9.17, 15) is 19.8 Å². The van der Waals surface area contributed by atoms with Crippen LogP contribution in [-0.4, -0.2) is 42.5 Å². The van der Waals surface area contributed by atoms with Crippen LogP contribution in [0, 0.1) is 0 Å². The molecule has 0 amide bonds. The van der Waals surface area contributed by atoms with Crippen molar-refractivity contribution in [1.29, 1.82) is 0 Å². The Morgan fingerprint density at radius 2 is 1.90 bits per heavy atom. The highest BCUT2D eigenvalue weighted by Crippen LogP contribution is 2.25. The first-order valence-corrected chi connectivity index (χ1v) is 6.09. The predicted octanol–water partition coefficient (Wildman–Crippen LogP) is 1.08. The molecule has 110 valence electrons. The first-order chi connectivity index (χ1) is 9.40. The van der Waals surface area contributed by atoms with Crippen LogP contribution in [0.25, 0.3) is 0 Å². The van der Waals surface area contributed by atoms with Gasteiger partial charge in [-0.1, -0.05) is 17.7 Å². The van der Waals surface area contributed by atoms with Crippen molar-refractivity contribution in [1.82, 2.24) is 0 Å². The van der Waals surface area contributed by atoms with Gasteiger partial charge in [-0.3, -0.25) is 4.79 Å². The monoisotopic (exact) mass is 302 g/mol. The van der Waals surface area contributed by atoms with Crippen molar-refractivity contribution in [3.05, 3.63) is 34.3 Å². The highest BCUT2D eigenvalue weighted by Gasteiger charge is 2.23. The first kappa shape index (κ1) is 16.4. The van der Waals surface area contributed by atoms with Crippen molar-refractivity contribution in [3.8, 4) is 0 Å². The molecule has 6 nitrogen and oxygen atoms in total. The number of esters is 2. The third kappa shape index (κ3) is 3.93. The number of hydrogen-bond acceptors (Lipinski definition) is 6. The lowest BCUT2D eigenvalue weighted by Gasteiger charge is -2.18. The largest absolute Gasteiger partial charge is 0.469 e. The lowest BCUT2D eigenvalue weighted by Crippen LogP contribution is -2.22. The summed E-state index contributed by atoms with van der Waals surface area (Å²) in [7, 11) is 2.38. The lowest BCUT2D eigenvalue weighted by molar-refractivity contribution is -0.144. The Morgan fingerprint density at radius 1 is 1.25 bits per heavy atom. The fourth-order valence-electron chi connectivity index (χ4n) is 1.58. The molecule has 1 aromatic carbocycles. The molecule has 0 aromatic heterocycles. The Kier molecular flexibility index (Phi) is 5.94. The number of carbonyl (C=O) groups is 2. The van der Waals surface area contributed by atoms with Crippen LogP contribution in [0.3, 0.4) is 0 Å². The average molecular weight is 303 g/mol. The smallest absolute Gasteiger partial charge is 0.339 e. The van der Waals surface area contributed by atoms with Crippen LogP contribution in [0.4, 0.5) is 0 Å². The molecule has 0 spiro atoms. The molecule has 0 bridgehead atoms. The number of ether oxygens (including phenoxy) is 2. The minimum atomic E-state index is -1.35. The number of aliphatic hydroxyl groups is 2. The minimum absolute atomic E-state index is 0.0657. The number of methoxy groups -OCH3 is 2. The molecule has 0 aliphatic heterocycles. The molecule has 0 fully saturated rings. The van der Waals surface area contributed by atoms with Gasteiger partial charge in [0, 0.05) is 0 Å². The van der Waals surface area contributed by atoms with E-state index in [1.54, 1.807) is 0 Å². The third-order valence-corrected chi connectivity index (χ3v) is 3.03. The molecule has 0 saturated heterocycles. The standard InChI is InChI=1S/C13H15ClO6/c1-19-11(16)6-10(15)12(17)7-3-4-9(14)8(5-7)13(18)20-2/h3-5,10,12,15,17H,6H2,1-2H3. The SMILES string of the molecule is COC(=O)CC(O)C(O)c1ccc(Cl)c(C(=O)OC)c1. The molecular weight excluding hydrogens is 288 g/mol. The molecule has 0 radical (unpaired) electrons. The van der Waals surface area contributed by atoms with Crippen LogP contribution in [0.15, 0.2) is 18.2 Å². The maximum Gasteiger partial charge on any atom is 0.339 e.